The first-order valence-electron chi connectivity index (χ1n) is 7.28. The van der Waals surface area contributed by atoms with Crippen LogP contribution in [0.25, 0.3) is 0 Å². The van der Waals surface area contributed by atoms with Crippen LogP contribution in [0.4, 0.5) is 18.0 Å². The number of halogens is 3. The van der Waals surface area contributed by atoms with E-state index in [0.29, 0.717) is 11.5 Å². The number of carbonyl (C=O) groups is 2. The van der Waals surface area contributed by atoms with Crippen molar-refractivity contribution in [2.75, 3.05) is 26.4 Å². The molecule has 0 aliphatic carbocycles. The SMILES string of the molecule is CC(NC(=O)N1CC(=O)N(CC(F)(F)F)C1)C1CCCCO1. The van der Waals surface area contributed by atoms with Crippen molar-refractivity contribution in [1.29, 1.82) is 0 Å². The molecule has 9 heteroatoms. The van der Waals surface area contributed by atoms with Crippen LogP contribution in [0.2, 0.25) is 0 Å². The van der Waals surface area contributed by atoms with Gasteiger partial charge in [-0.3, -0.25) is 9.69 Å². The highest BCUT2D eigenvalue weighted by atomic mass is 19.4. The number of carbonyl (C=O) groups excluding carboxylic acids is 2. The number of rotatable bonds is 3. The fourth-order valence-corrected chi connectivity index (χ4v) is 2.63. The monoisotopic (exact) mass is 323 g/mol. The zero-order valence-electron chi connectivity index (χ0n) is 12.4. The molecule has 1 N–H and O–H groups in total. The molecule has 0 radical (unpaired) electrons. The Morgan fingerprint density at radius 2 is 2.18 bits per heavy atom. The Morgan fingerprint density at radius 1 is 1.45 bits per heavy atom. The second-order valence-electron chi connectivity index (χ2n) is 5.69. The fourth-order valence-electron chi connectivity index (χ4n) is 2.63. The van der Waals surface area contributed by atoms with Gasteiger partial charge in [-0.1, -0.05) is 0 Å². The molecule has 2 aliphatic heterocycles. The first-order valence-corrected chi connectivity index (χ1v) is 7.28. The highest BCUT2D eigenvalue weighted by molar-refractivity contribution is 5.87. The molecule has 0 aromatic heterocycles. The van der Waals surface area contributed by atoms with Crippen molar-refractivity contribution in [1.82, 2.24) is 15.1 Å². The van der Waals surface area contributed by atoms with Crippen molar-refractivity contribution in [2.45, 2.75) is 44.5 Å². The lowest BCUT2D eigenvalue weighted by atomic mass is 10.0. The summed E-state index contributed by atoms with van der Waals surface area (Å²) in [6, 6.07) is -0.792. The maximum Gasteiger partial charge on any atom is 0.406 e. The van der Waals surface area contributed by atoms with Gasteiger partial charge in [0.2, 0.25) is 5.91 Å². The van der Waals surface area contributed by atoms with E-state index in [4.69, 9.17) is 4.74 Å². The highest BCUT2D eigenvalue weighted by Gasteiger charge is 2.39. The van der Waals surface area contributed by atoms with Gasteiger partial charge >= 0.3 is 12.2 Å². The van der Waals surface area contributed by atoms with Crippen molar-refractivity contribution in [3.8, 4) is 0 Å². The summed E-state index contributed by atoms with van der Waals surface area (Å²) in [5.74, 6) is -0.700. The summed E-state index contributed by atoms with van der Waals surface area (Å²) >= 11 is 0. The van der Waals surface area contributed by atoms with Crippen LogP contribution in [-0.2, 0) is 9.53 Å². The number of urea groups is 1. The van der Waals surface area contributed by atoms with E-state index < -0.39 is 24.7 Å². The Balaban J connectivity index is 1.84. The number of ether oxygens (including phenoxy) is 1. The van der Waals surface area contributed by atoms with E-state index >= 15 is 0 Å². The topological polar surface area (TPSA) is 61.9 Å². The van der Waals surface area contributed by atoms with Gasteiger partial charge in [0.15, 0.2) is 0 Å². The summed E-state index contributed by atoms with van der Waals surface area (Å²) in [7, 11) is 0. The number of nitrogens with zero attached hydrogens (tertiary/aromatic N) is 2. The number of hydrogen-bond donors (Lipinski definition) is 1. The molecule has 6 nitrogen and oxygen atoms in total. The van der Waals surface area contributed by atoms with Crippen LogP contribution < -0.4 is 5.32 Å². The largest absolute Gasteiger partial charge is 0.406 e. The van der Waals surface area contributed by atoms with Crippen molar-refractivity contribution < 1.29 is 27.5 Å². The van der Waals surface area contributed by atoms with E-state index in [9.17, 15) is 22.8 Å². The van der Waals surface area contributed by atoms with Crippen molar-refractivity contribution in [3.63, 3.8) is 0 Å². The second-order valence-corrected chi connectivity index (χ2v) is 5.69. The Morgan fingerprint density at radius 3 is 2.77 bits per heavy atom. The molecule has 2 aliphatic rings. The molecular formula is C13H20F3N3O3. The third-order valence-electron chi connectivity index (χ3n) is 3.80. The molecule has 2 unspecified atom stereocenters. The van der Waals surface area contributed by atoms with Gasteiger partial charge in [0.25, 0.3) is 0 Å². The lowest BCUT2D eigenvalue weighted by Crippen LogP contribution is -2.49. The molecule has 126 valence electrons. The fraction of sp³-hybridized carbons (Fsp3) is 0.846. The standard InChI is InChI=1S/C13H20F3N3O3/c1-9(10-4-2-3-5-22-10)17-12(21)18-6-11(20)19(8-18)7-13(14,15)16/h9-10H,2-8H2,1H3,(H,17,21). The van der Waals surface area contributed by atoms with Crippen molar-refractivity contribution >= 4 is 11.9 Å². The molecular weight excluding hydrogens is 303 g/mol. The van der Waals surface area contributed by atoms with Crippen LogP contribution in [0.1, 0.15) is 26.2 Å². The van der Waals surface area contributed by atoms with Gasteiger partial charge in [0, 0.05) is 6.61 Å². The van der Waals surface area contributed by atoms with Gasteiger partial charge in [-0.15, -0.1) is 0 Å². The number of amides is 3. The summed E-state index contributed by atoms with van der Waals surface area (Å²) in [6.07, 6.45) is -1.72. The zero-order valence-corrected chi connectivity index (χ0v) is 12.4. The van der Waals surface area contributed by atoms with Crippen LogP contribution in [0, 0.1) is 0 Å². The molecule has 2 rings (SSSR count). The van der Waals surface area contributed by atoms with E-state index in [1.165, 1.54) is 0 Å². The summed E-state index contributed by atoms with van der Waals surface area (Å²) in [5, 5.41) is 2.70. The normalized spacial score (nSPS) is 24.5. The second kappa shape index (κ2) is 6.72. The van der Waals surface area contributed by atoms with E-state index in [1.54, 1.807) is 6.92 Å². The maximum atomic E-state index is 12.3. The van der Waals surface area contributed by atoms with Gasteiger partial charge in [-0.05, 0) is 26.2 Å². The molecule has 2 fully saturated rings. The molecule has 0 spiro atoms. The molecule has 3 amide bonds. The average molecular weight is 323 g/mol. The number of nitrogens with one attached hydrogen (secondary N) is 1. The number of hydrogen-bond acceptors (Lipinski definition) is 3. The highest BCUT2D eigenvalue weighted by Crippen LogP contribution is 2.20. The first kappa shape index (κ1) is 16.9. The Kier molecular flexibility index (Phi) is 5.15. The molecule has 2 heterocycles. The maximum absolute atomic E-state index is 12.3. The predicted octanol–water partition coefficient (Wildman–Crippen LogP) is 1.32. The van der Waals surface area contributed by atoms with Gasteiger partial charge in [0.05, 0.1) is 18.8 Å². The molecule has 2 atom stereocenters. The lowest BCUT2D eigenvalue weighted by Gasteiger charge is -2.30. The van der Waals surface area contributed by atoms with Crippen LogP contribution in [0.3, 0.4) is 0 Å². The quantitative estimate of drug-likeness (QED) is 0.852. The van der Waals surface area contributed by atoms with Crippen LogP contribution in [-0.4, -0.2) is 66.4 Å². The van der Waals surface area contributed by atoms with E-state index in [0.717, 1.165) is 24.2 Å². The summed E-state index contributed by atoms with van der Waals surface area (Å²) < 4.78 is 42.5. The molecule has 0 aromatic rings. The molecule has 2 saturated heterocycles. The zero-order chi connectivity index (χ0) is 16.3. The minimum absolute atomic E-state index is 0.0951. The average Bonchev–Trinajstić information content (AvgIpc) is 2.79. The van der Waals surface area contributed by atoms with Crippen molar-refractivity contribution in [3.05, 3.63) is 0 Å². The van der Waals surface area contributed by atoms with Crippen LogP contribution in [0.15, 0.2) is 0 Å². The number of alkyl halides is 3. The first-order chi connectivity index (χ1) is 10.3. The summed E-state index contributed by atoms with van der Waals surface area (Å²) in [4.78, 5) is 25.3. The Hall–Kier alpha value is -1.51. The third-order valence-corrected chi connectivity index (χ3v) is 3.80. The van der Waals surface area contributed by atoms with E-state index in [1.807, 2.05) is 0 Å². The van der Waals surface area contributed by atoms with Gasteiger partial charge in [-0.25, -0.2) is 4.79 Å². The minimum atomic E-state index is -4.47. The van der Waals surface area contributed by atoms with Crippen molar-refractivity contribution in [2.24, 2.45) is 0 Å². The lowest BCUT2D eigenvalue weighted by molar-refractivity contribution is -0.157. The summed E-state index contributed by atoms with van der Waals surface area (Å²) in [5.41, 5.74) is 0. The van der Waals surface area contributed by atoms with E-state index in [-0.39, 0.29) is 25.4 Å². The third kappa shape index (κ3) is 4.49. The minimum Gasteiger partial charge on any atom is -0.376 e. The predicted molar refractivity (Wildman–Crippen MR) is 70.9 cm³/mol. The molecule has 22 heavy (non-hydrogen) atoms. The van der Waals surface area contributed by atoms with Gasteiger partial charge in [0.1, 0.15) is 13.1 Å². The molecule has 0 bridgehead atoms. The van der Waals surface area contributed by atoms with Crippen LogP contribution >= 0.6 is 0 Å². The van der Waals surface area contributed by atoms with Crippen LogP contribution in [0.5, 0.6) is 0 Å². The molecule has 0 aromatic carbocycles. The Bertz CT molecular complexity index is 424. The van der Waals surface area contributed by atoms with Gasteiger partial charge in [-0.2, -0.15) is 13.2 Å². The van der Waals surface area contributed by atoms with Gasteiger partial charge < -0.3 is 15.0 Å². The Labute approximate surface area is 126 Å². The van der Waals surface area contributed by atoms with E-state index in [2.05, 4.69) is 5.32 Å². The molecule has 0 saturated carbocycles. The summed E-state index contributed by atoms with van der Waals surface area (Å²) in [6.45, 7) is 0.422. The smallest absolute Gasteiger partial charge is 0.376 e.